The van der Waals surface area contributed by atoms with Crippen LogP contribution in [0.1, 0.15) is 27.7 Å². The predicted octanol–water partition coefficient (Wildman–Crippen LogP) is 4.02. The van der Waals surface area contributed by atoms with E-state index in [-0.39, 0.29) is 0 Å². The minimum atomic E-state index is -0.421. The summed E-state index contributed by atoms with van der Waals surface area (Å²) in [6.07, 6.45) is 1.36. The zero-order chi connectivity index (χ0) is 9.44. The predicted molar refractivity (Wildman–Crippen MR) is 50.2 cm³/mol. The molecule has 0 spiro atoms. The molecule has 0 fully saturated rings. The third-order valence-electron chi connectivity index (χ3n) is 1.05. The fourth-order valence-electron chi connectivity index (χ4n) is 0.358. The number of halogens is 1. The number of rotatable bonds is 2. The van der Waals surface area contributed by atoms with Crippen molar-refractivity contribution >= 4 is 0 Å². The molecule has 0 saturated carbocycles. The first-order chi connectivity index (χ1) is 5.04. The molecule has 0 heterocycles. The molecule has 0 atom stereocenters. The number of hydrogen-bond acceptors (Lipinski definition) is 0. The van der Waals surface area contributed by atoms with Crippen LogP contribution >= 0.6 is 0 Å². The van der Waals surface area contributed by atoms with E-state index < -0.39 is 5.83 Å². The lowest BCUT2D eigenvalue weighted by molar-refractivity contribution is 0.670. The molecule has 0 aromatic heterocycles. The molecular weight excluding hydrogens is 139 g/mol. The summed E-state index contributed by atoms with van der Waals surface area (Å²) < 4.78 is 12.0. The SMILES string of the molecule is C=C(F)/C=C(/C)C(=C)C.CC. The van der Waals surface area contributed by atoms with Crippen molar-refractivity contribution in [2.75, 3.05) is 0 Å². The summed E-state index contributed by atoms with van der Waals surface area (Å²) in [6, 6.07) is 0. The highest BCUT2D eigenvalue weighted by atomic mass is 19.1. The molecule has 0 rings (SSSR count). The van der Waals surface area contributed by atoms with Crippen molar-refractivity contribution in [3.8, 4) is 0 Å². The average Bonchev–Trinajstić information content (AvgIpc) is 1.90. The van der Waals surface area contributed by atoms with Crippen LogP contribution in [0.4, 0.5) is 4.39 Å². The second-order valence-corrected chi connectivity index (χ2v) is 2.05. The summed E-state index contributed by atoms with van der Waals surface area (Å²) in [5.74, 6) is -0.421. The summed E-state index contributed by atoms with van der Waals surface area (Å²) >= 11 is 0. The van der Waals surface area contributed by atoms with Gasteiger partial charge in [-0.1, -0.05) is 32.6 Å². The first-order valence-electron chi connectivity index (χ1n) is 3.72. The molecule has 0 aliphatic carbocycles. The van der Waals surface area contributed by atoms with E-state index in [2.05, 4.69) is 13.2 Å². The number of allylic oxidation sites excluding steroid dienone is 4. The minimum Gasteiger partial charge on any atom is -0.208 e. The first kappa shape index (κ1) is 12.8. The molecule has 0 aliphatic heterocycles. The topological polar surface area (TPSA) is 0 Å². The van der Waals surface area contributed by atoms with Crippen LogP contribution < -0.4 is 0 Å². The Hall–Kier alpha value is -0.850. The van der Waals surface area contributed by atoms with Crippen molar-refractivity contribution in [3.63, 3.8) is 0 Å². The van der Waals surface area contributed by atoms with Crippen LogP contribution in [0.3, 0.4) is 0 Å². The maximum atomic E-state index is 12.0. The van der Waals surface area contributed by atoms with Gasteiger partial charge in [0.05, 0.1) is 0 Å². The summed E-state index contributed by atoms with van der Waals surface area (Å²) in [7, 11) is 0. The van der Waals surface area contributed by atoms with Crippen LogP contribution in [-0.2, 0) is 0 Å². The van der Waals surface area contributed by atoms with Crippen molar-refractivity contribution in [1.29, 1.82) is 0 Å². The highest BCUT2D eigenvalue weighted by molar-refractivity contribution is 5.28. The Bertz CT molecular complexity index is 164. The fraction of sp³-hybridized carbons (Fsp3) is 0.400. The van der Waals surface area contributed by atoms with Gasteiger partial charge >= 0.3 is 0 Å². The fourth-order valence-corrected chi connectivity index (χ4v) is 0.358. The van der Waals surface area contributed by atoms with E-state index in [1.54, 1.807) is 6.92 Å². The lowest BCUT2D eigenvalue weighted by Crippen LogP contribution is -1.75. The van der Waals surface area contributed by atoms with Gasteiger partial charge in [-0.15, -0.1) is 0 Å². The molecule has 64 valence electrons. The van der Waals surface area contributed by atoms with Crippen LogP contribution in [0.25, 0.3) is 0 Å². The Kier molecular flexibility index (Phi) is 8.44. The summed E-state index contributed by atoms with van der Waals surface area (Å²) in [4.78, 5) is 0. The molecule has 0 aromatic carbocycles. The third-order valence-corrected chi connectivity index (χ3v) is 1.05. The van der Waals surface area contributed by atoms with Crippen molar-refractivity contribution in [2.24, 2.45) is 0 Å². The van der Waals surface area contributed by atoms with Crippen molar-refractivity contribution in [3.05, 3.63) is 36.2 Å². The van der Waals surface area contributed by atoms with E-state index in [0.29, 0.717) is 0 Å². The zero-order valence-electron chi connectivity index (χ0n) is 7.87. The molecule has 0 aromatic rings. The monoisotopic (exact) mass is 156 g/mol. The highest BCUT2D eigenvalue weighted by Gasteiger charge is 1.88. The van der Waals surface area contributed by atoms with Crippen LogP contribution in [0, 0.1) is 0 Å². The van der Waals surface area contributed by atoms with Gasteiger partial charge in [0, 0.05) is 0 Å². The first-order valence-corrected chi connectivity index (χ1v) is 3.72. The van der Waals surface area contributed by atoms with Crippen molar-refractivity contribution in [2.45, 2.75) is 27.7 Å². The molecule has 1 heteroatoms. The molecule has 0 amide bonds. The Morgan fingerprint density at radius 1 is 1.18 bits per heavy atom. The molecule has 0 saturated heterocycles. The zero-order valence-corrected chi connectivity index (χ0v) is 7.87. The average molecular weight is 156 g/mol. The summed E-state index contributed by atoms with van der Waals surface area (Å²) in [6.45, 7) is 14.4. The second kappa shape index (κ2) is 7.26. The Balaban J connectivity index is 0. The van der Waals surface area contributed by atoms with E-state index >= 15 is 0 Å². The summed E-state index contributed by atoms with van der Waals surface area (Å²) in [5.41, 5.74) is 1.70. The van der Waals surface area contributed by atoms with Crippen LogP contribution in [0.15, 0.2) is 36.2 Å². The molecule has 11 heavy (non-hydrogen) atoms. The Morgan fingerprint density at radius 2 is 1.55 bits per heavy atom. The van der Waals surface area contributed by atoms with Gasteiger partial charge in [-0.05, 0) is 25.5 Å². The van der Waals surface area contributed by atoms with E-state index in [1.165, 1.54) is 6.08 Å². The van der Waals surface area contributed by atoms with Gasteiger partial charge in [-0.3, -0.25) is 0 Å². The lowest BCUT2D eigenvalue weighted by atomic mass is 10.1. The van der Waals surface area contributed by atoms with Gasteiger partial charge in [0.1, 0.15) is 5.83 Å². The van der Waals surface area contributed by atoms with Crippen molar-refractivity contribution < 1.29 is 4.39 Å². The van der Waals surface area contributed by atoms with E-state index in [9.17, 15) is 4.39 Å². The smallest absolute Gasteiger partial charge is 0.116 e. The standard InChI is InChI=1S/C8H11F.C2H6/c1-6(2)7(3)5-8(4)9;1-2/h5H,1,4H2,2-3H3;1-2H3/b7-5-;. The highest BCUT2D eigenvalue weighted by Crippen LogP contribution is 2.08. The van der Waals surface area contributed by atoms with E-state index in [4.69, 9.17) is 0 Å². The van der Waals surface area contributed by atoms with Gasteiger partial charge in [0.15, 0.2) is 0 Å². The quantitative estimate of drug-likeness (QED) is 0.530. The number of hydrogen-bond donors (Lipinski definition) is 0. The van der Waals surface area contributed by atoms with Gasteiger partial charge in [-0.2, -0.15) is 0 Å². The van der Waals surface area contributed by atoms with Gasteiger partial charge in [0.2, 0.25) is 0 Å². The second-order valence-electron chi connectivity index (χ2n) is 2.05. The van der Waals surface area contributed by atoms with Crippen molar-refractivity contribution in [1.82, 2.24) is 0 Å². The molecule has 0 radical (unpaired) electrons. The van der Waals surface area contributed by atoms with Crippen LogP contribution in [0.2, 0.25) is 0 Å². The van der Waals surface area contributed by atoms with Gasteiger partial charge in [0.25, 0.3) is 0 Å². The lowest BCUT2D eigenvalue weighted by Gasteiger charge is -1.94. The Labute approximate surface area is 69.1 Å². The Morgan fingerprint density at radius 3 is 1.64 bits per heavy atom. The maximum Gasteiger partial charge on any atom is 0.116 e. The molecular formula is C10H17F. The normalized spacial score (nSPS) is 9.73. The molecule has 0 unspecified atom stereocenters. The molecule has 0 bridgehead atoms. The van der Waals surface area contributed by atoms with Gasteiger partial charge in [-0.25, -0.2) is 4.39 Å². The van der Waals surface area contributed by atoms with E-state index in [0.717, 1.165) is 11.1 Å². The third kappa shape index (κ3) is 9.15. The molecule has 0 aliphatic rings. The minimum absolute atomic E-state index is 0.421. The maximum absolute atomic E-state index is 12.0. The van der Waals surface area contributed by atoms with Crippen LogP contribution in [0.5, 0.6) is 0 Å². The molecule has 0 nitrogen and oxygen atoms in total. The largest absolute Gasteiger partial charge is 0.208 e. The molecule has 0 N–H and O–H groups in total. The van der Waals surface area contributed by atoms with Crippen LogP contribution in [-0.4, -0.2) is 0 Å². The van der Waals surface area contributed by atoms with E-state index in [1.807, 2.05) is 20.8 Å². The summed E-state index contributed by atoms with van der Waals surface area (Å²) in [5, 5.41) is 0. The van der Waals surface area contributed by atoms with Gasteiger partial charge < -0.3 is 0 Å².